The minimum atomic E-state index is -0.451. The van der Waals surface area contributed by atoms with Crippen molar-refractivity contribution < 1.29 is 4.79 Å². The zero-order valence-electron chi connectivity index (χ0n) is 11.5. The number of primary amides is 1. The number of carbonyl (C=O) groups is 1. The Morgan fingerprint density at radius 1 is 1.53 bits per heavy atom. The lowest BCUT2D eigenvalue weighted by molar-refractivity contribution is -0.125. The van der Waals surface area contributed by atoms with Gasteiger partial charge in [-0.05, 0) is 58.8 Å². The van der Waals surface area contributed by atoms with Gasteiger partial charge in [-0.15, -0.1) is 0 Å². The lowest BCUT2D eigenvalue weighted by atomic mass is 9.84. The molecule has 1 saturated carbocycles. The van der Waals surface area contributed by atoms with Crippen LogP contribution in [0.25, 0.3) is 0 Å². The highest BCUT2D eigenvalue weighted by molar-refractivity contribution is 5.85. The molecule has 0 aliphatic heterocycles. The summed E-state index contributed by atoms with van der Waals surface area (Å²) in [6.45, 7) is 4.36. The highest BCUT2D eigenvalue weighted by Crippen LogP contribution is 2.37. The molecule has 1 aliphatic rings. The second-order valence-corrected chi connectivity index (χ2v) is 5.27. The van der Waals surface area contributed by atoms with Gasteiger partial charge in [0.15, 0.2) is 0 Å². The molecule has 3 N–H and O–H groups in total. The van der Waals surface area contributed by atoms with E-state index in [2.05, 4.69) is 24.2 Å². The Bertz CT molecular complexity index is 257. The summed E-state index contributed by atoms with van der Waals surface area (Å²) in [5.74, 6) is 0.213. The second-order valence-electron chi connectivity index (χ2n) is 5.27. The maximum atomic E-state index is 11.7. The fourth-order valence-electron chi connectivity index (χ4n) is 3.12. The summed E-state index contributed by atoms with van der Waals surface area (Å²) >= 11 is 0. The van der Waals surface area contributed by atoms with Gasteiger partial charge in [-0.3, -0.25) is 4.79 Å². The van der Waals surface area contributed by atoms with Crippen LogP contribution >= 0.6 is 0 Å². The molecule has 0 aromatic rings. The highest BCUT2D eigenvalue weighted by Gasteiger charge is 2.46. The van der Waals surface area contributed by atoms with Gasteiger partial charge in [0, 0.05) is 0 Å². The van der Waals surface area contributed by atoms with Crippen LogP contribution in [-0.2, 0) is 4.79 Å². The number of hydrogen-bond donors (Lipinski definition) is 2. The molecule has 0 heterocycles. The van der Waals surface area contributed by atoms with Gasteiger partial charge in [0.05, 0.1) is 0 Å². The summed E-state index contributed by atoms with van der Waals surface area (Å²) in [6, 6.07) is 0. The van der Waals surface area contributed by atoms with Crippen LogP contribution in [0.3, 0.4) is 0 Å². The number of likely N-dealkylation sites (N-methyl/N-ethyl adjacent to an activating group) is 1. The molecule has 17 heavy (non-hydrogen) atoms. The lowest BCUT2D eigenvalue weighted by Crippen LogP contribution is -2.56. The maximum Gasteiger partial charge on any atom is 0.238 e. The van der Waals surface area contributed by atoms with E-state index in [9.17, 15) is 4.79 Å². The topological polar surface area (TPSA) is 58.4 Å². The minimum Gasteiger partial charge on any atom is -0.368 e. The molecule has 0 aromatic carbocycles. The van der Waals surface area contributed by atoms with E-state index in [1.54, 1.807) is 0 Å². The van der Waals surface area contributed by atoms with Crippen LogP contribution in [0.5, 0.6) is 0 Å². The van der Waals surface area contributed by atoms with Crippen LogP contribution in [0, 0.1) is 5.92 Å². The van der Waals surface area contributed by atoms with E-state index < -0.39 is 5.54 Å². The van der Waals surface area contributed by atoms with Gasteiger partial charge in [0.1, 0.15) is 5.54 Å². The number of hydrogen-bond acceptors (Lipinski definition) is 3. The van der Waals surface area contributed by atoms with Gasteiger partial charge >= 0.3 is 0 Å². The molecule has 0 bridgehead atoms. The Hall–Kier alpha value is -0.610. The first-order valence-corrected chi connectivity index (χ1v) is 6.74. The van der Waals surface area contributed by atoms with Crippen molar-refractivity contribution in [1.29, 1.82) is 0 Å². The van der Waals surface area contributed by atoms with Gasteiger partial charge in [0.25, 0.3) is 0 Å². The van der Waals surface area contributed by atoms with E-state index in [4.69, 9.17) is 5.73 Å². The first kappa shape index (κ1) is 14.5. The molecule has 1 fully saturated rings. The molecule has 0 saturated heterocycles. The summed E-state index contributed by atoms with van der Waals surface area (Å²) in [5, 5.41) is 3.19. The third kappa shape index (κ3) is 3.19. The Kier molecular flexibility index (Phi) is 5.40. The van der Waals surface area contributed by atoms with E-state index in [1.807, 2.05) is 7.05 Å². The summed E-state index contributed by atoms with van der Waals surface area (Å²) in [5.41, 5.74) is 5.13. The molecule has 2 unspecified atom stereocenters. The predicted molar refractivity (Wildman–Crippen MR) is 70.7 cm³/mol. The molecule has 4 heteroatoms. The summed E-state index contributed by atoms with van der Waals surface area (Å²) < 4.78 is 0. The van der Waals surface area contributed by atoms with Crippen LogP contribution in [0.4, 0.5) is 0 Å². The predicted octanol–water partition coefficient (Wildman–Crippen LogP) is 0.962. The minimum absolute atomic E-state index is 0.180. The molecular formula is C13H27N3O. The quantitative estimate of drug-likeness (QED) is 0.698. The fourth-order valence-corrected chi connectivity index (χ4v) is 3.12. The van der Waals surface area contributed by atoms with Crippen LogP contribution in [0.2, 0.25) is 0 Å². The molecule has 1 amide bonds. The van der Waals surface area contributed by atoms with Crippen molar-refractivity contribution in [2.24, 2.45) is 11.7 Å². The van der Waals surface area contributed by atoms with Crippen molar-refractivity contribution in [1.82, 2.24) is 10.2 Å². The Morgan fingerprint density at radius 3 is 2.76 bits per heavy atom. The lowest BCUT2D eigenvalue weighted by Gasteiger charge is -2.33. The molecule has 1 rings (SSSR count). The first-order chi connectivity index (χ1) is 8.06. The number of carbonyl (C=O) groups excluding carboxylic acids is 1. The van der Waals surface area contributed by atoms with E-state index in [-0.39, 0.29) is 5.91 Å². The van der Waals surface area contributed by atoms with E-state index >= 15 is 0 Å². The van der Waals surface area contributed by atoms with Crippen molar-refractivity contribution >= 4 is 5.91 Å². The monoisotopic (exact) mass is 241 g/mol. The van der Waals surface area contributed by atoms with Crippen LogP contribution in [0.15, 0.2) is 0 Å². The zero-order chi connectivity index (χ0) is 12.9. The van der Waals surface area contributed by atoms with Crippen molar-refractivity contribution in [3.05, 3.63) is 0 Å². The molecule has 100 valence electrons. The van der Waals surface area contributed by atoms with Crippen molar-refractivity contribution in [3.8, 4) is 0 Å². The van der Waals surface area contributed by atoms with Crippen molar-refractivity contribution in [2.45, 2.75) is 44.6 Å². The molecule has 1 aliphatic carbocycles. The third-order valence-electron chi connectivity index (χ3n) is 4.17. The van der Waals surface area contributed by atoms with Crippen LogP contribution in [-0.4, -0.2) is 43.5 Å². The largest absolute Gasteiger partial charge is 0.368 e. The molecule has 4 nitrogen and oxygen atoms in total. The second kappa shape index (κ2) is 6.36. The first-order valence-electron chi connectivity index (χ1n) is 6.74. The van der Waals surface area contributed by atoms with Crippen LogP contribution < -0.4 is 11.1 Å². The smallest absolute Gasteiger partial charge is 0.238 e. The Balaban J connectivity index is 2.54. The molecule has 2 atom stereocenters. The Morgan fingerprint density at radius 2 is 2.24 bits per heavy atom. The number of nitrogens with zero attached hydrogens (tertiary/aromatic N) is 1. The van der Waals surface area contributed by atoms with Gasteiger partial charge in [-0.2, -0.15) is 0 Å². The van der Waals surface area contributed by atoms with Crippen LogP contribution in [0.1, 0.15) is 39.0 Å². The Labute approximate surface area is 105 Å². The number of amides is 1. The fraction of sp³-hybridized carbons (Fsp3) is 0.923. The summed E-state index contributed by atoms with van der Waals surface area (Å²) in [4.78, 5) is 14.0. The highest BCUT2D eigenvalue weighted by atomic mass is 16.1. The number of nitrogens with one attached hydrogen (secondary N) is 1. The van der Waals surface area contributed by atoms with Crippen molar-refractivity contribution in [3.63, 3.8) is 0 Å². The average molecular weight is 241 g/mol. The van der Waals surface area contributed by atoms with Gasteiger partial charge in [-0.25, -0.2) is 0 Å². The SMILES string of the molecule is CCCN(C)CCC1CCCC1(NC)C(N)=O. The summed E-state index contributed by atoms with van der Waals surface area (Å²) in [6.07, 6.45) is 5.34. The van der Waals surface area contributed by atoms with Gasteiger partial charge < -0.3 is 16.0 Å². The average Bonchev–Trinajstić information content (AvgIpc) is 2.70. The van der Waals surface area contributed by atoms with Crippen molar-refractivity contribution in [2.75, 3.05) is 27.2 Å². The number of nitrogens with two attached hydrogens (primary N) is 1. The molecule has 0 radical (unpaired) electrons. The maximum absolute atomic E-state index is 11.7. The van der Waals surface area contributed by atoms with Gasteiger partial charge in [-0.1, -0.05) is 13.3 Å². The normalized spacial score (nSPS) is 28.8. The molecular weight excluding hydrogens is 214 g/mol. The van der Waals surface area contributed by atoms with E-state index in [0.717, 1.165) is 38.8 Å². The van der Waals surface area contributed by atoms with Gasteiger partial charge in [0.2, 0.25) is 5.91 Å². The zero-order valence-corrected chi connectivity index (χ0v) is 11.5. The van der Waals surface area contributed by atoms with E-state index in [1.165, 1.54) is 6.42 Å². The number of rotatable bonds is 7. The molecule has 0 aromatic heterocycles. The van der Waals surface area contributed by atoms with E-state index in [0.29, 0.717) is 5.92 Å². The molecule has 0 spiro atoms. The standard InChI is InChI=1S/C13H27N3O/c1-4-9-16(3)10-7-11-6-5-8-13(11,15-2)12(14)17/h11,15H,4-10H2,1-3H3,(H2,14,17). The third-order valence-corrected chi connectivity index (χ3v) is 4.17. The summed E-state index contributed by atoms with van der Waals surface area (Å²) in [7, 11) is 4.00.